The van der Waals surface area contributed by atoms with E-state index in [9.17, 15) is 10.1 Å². The van der Waals surface area contributed by atoms with Crippen molar-refractivity contribution in [3.63, 3.8) is 0 Å². The van der Waals surface area contributed by atoms with Crippen molar-refractivity contribution in [2.24, 2.45) is 5.73 Å². The van der Waals surface area contributed by atoms with Gasteiger partial charge in [0.2, 0.25) is 0 Å². The first-order valence-electron chi connectivity index (χ1n) is 24.4. The van der Waals surface area contributed by atoms with Crippen LogP contribution in [-0.2, 0) is 21.7 Å². The monoisotopic (exact) mass is 938 g/mol. The van der Waals surface area contributed by atoms with Gasteiger partial charge in [0.1, 0.15) is 22.8 Å². The number of hydrogen-bond acceptors (Lipinski definition) is 6. The lowest BCUT2D eigenvalue weighted by molar-refractivity contribution is -0.374. The number of fused-ring (bicyclic) bond motifs is 11. The number of rotatable bonds is 5. The quantitative estimate of drug-likeness (QED) is 0.0995. The van der Waals surface area contributed by atoms with E-state index in [1.54, 1.807) is 6.33 Å². The maximum absolute atomic E-state index is 13.6. The third-order valence-electron chi connectivity index (χ3n) is 14.0. The zero-order valence-corrected chi connectivity index (χ0v) is 42.8. The first-order chi connectivity index (χ1) is 33.5. The van der Waals surface area contributed by atoms with Gasteiger partial charge >= 0.3 is 5.70 Å². The molecule has 0 atom stereocenters. The summed E-state index contributed by atoms with van der Waals surface area (Å²) in [5.74, 6) is 0. The zero-order valence-electron chi connectivity index (χ0n) is 42.8. The summed E-state index contributed by atoms with van der Waals surface area (Å²) in [6, 6.07) is 41.9. The molecule has 0 amide bonds. The molecule has 10 heteroatoms. The van der Waals surface area contributed by atoms with Crippen molar-refractivity contribution in [1.82, 2.24) is 29.9 Å². The molecule has 0 spiro atoms. The maximum Gasteiger partial charge on any atom is 0.320 e. The van der Waals surface area contributed by atoms with Crippen molar-refractivity contribution >= 4 is 33.5 Å². The molecule has 0 unspecified atom stereocenters. The van der Waals surface area contributed by atoms with E-state index < -0.39 is 4.92 Å². The van der Waals surface area contributed by atoms with Gasteiger partial charge < -0.3 is 20.7 Å². The van der Waals surface area contributed by atoms with E-state index in [4.69, 9.17) is 20.7 Å². The van der Waals surface area contributed by atoms with Gasteiger partial charge in [0.15, 0.2) is 5.69 Å². The Balaban J connectivity index is 1.43. The minimum Gasteiger partial charge on any atom is -0.391 e. The number of aromatic amines is 3. The third kappa shape index (κ3) is 8.35. The number of imidazole rings is 1. The lowest BCUT2D eigenvalue weighted by Crippen LogP contribution is -2.10. The fourth-order valence-corrected chi connectivity index (χ4v) is 9.84. The topological polar surface area (TPSA) is 155 Å². The standard InChI is InChI=1S/C61H62N8O2/c1-58(2,3)38-21-13-34(14-22-38)46-42-29-30-43(65-42)47(35-15-23-39(24-16-35)59(4,5)6)52-55-56(64-33-63-55)53(68-52)48(36-17-25-40(26-18-36)60(7,8)9)44-31-32-45(66-44)49(37-19-27-41(28-20-37)61(10,11)12)54-57(69(70)71)50(62)51(46)67-54/h13-33,65-66H,62H2,1-12H3,(H,63,64). The smallest absolute Gasteiger partial charge is 0.320 e. The molecular weight excluding hydrogens is 877 g/mol. The summed E-state index contributed by atoms with van der Waals surface area (Å²) >= 11 is 0. The Kier molecular flexibility index (Phi) is 11.0. The second kappa shape index (κ2) is 16.6. The number of hydrogen-bond donors (Lipinski definition) is 4. The van der Waals surface area contributed by atoms with E-state index in [1.807, 2.05) is 36.4 Å². The van der Waals surface area contributed by atoms with Crippen LogP contribution < -0.4 is 5.73 Å². The second-order valence-corrected chi connectivity index (χ2v) is 23.1. The number of aromatic nitrogens is 6. The van der Waals surface area contributed by atoms with E-state index in [2.05, 4.69) is 183 Å². The van der Waals surface area contributed by atoms with Crippen LogP contribution in [0.3, 0.4) is 0 Å². The van der Waals surface area contributed by atoms with Crippen LogP contribution in [0.4, 0.5) is 0 Å². The Bertz CT molecular complexity index is 3620. The van der Waals surface area contributed by atoms with Crippen molar-refractivity contribution in [2.75, 3.05) is 0 Å². The normalized spacial score (nSPS) is 13.2. The highest BCUT2D eigenvalue weighted by Crippen LogP contribution is 2.47. The van der Waals surface area contributed by atoms with Gasteiger partial charge in [0.25, 0.3) is 0 Å². The Morgan fingerprint density at radius 3 is 1.07 bits per heavy atom. The fraction of sp³-hybridized carbons (Fsp3) is 0.262. The number of H-pyrrole nitrogens is 3. The largest absolute Gasteiger partial charge is 0.391 e. The summed E-state index contributed by atoms with van der Waals surface area (Å²) < 4.78 is 0. The number of nitrogens with one attached hydrogen (secondary N) is 3. The van der Waals surface area contributed by atoms with Crippen LogP contribution in [0.2, 0.25) is 0 Å². The van der Waals surface area contributed by atoms with E-state index in [0.717, 1.165) is 66.9 Å². The predicted octanol–water partition coefficient (Wildman–Crippen LogP) is 15.3. The molecule has 5 N–H and O–H groups in total. The molecule has 4 aromatic heterocycles. The van der Waals surface area contributed by atoms with Crippen LogP contribution in [-0.4, -0.2) is 34.8 Å². The van der Waals surface area contributed by atoms with E-state index >= 15 is 0 Å². The molecular formula is C61H62N8O2. The van der Waals surface area contributed by atoms with Crippen LogP contribution in [0.1, 0.15) is 117 Å². The molecule has 2 aliphatic rings. The van der Waals surface area contributed by atoms with Crippen LogP contribution >= 0.6 is 0 Å². The lowest BCUT2D eigenvalue weighted by Gasteiger charge is -2.19. The van der Waals surface area contributed by atoms with Crippen molar-refractivity contribution < 1.29 is 4.92 Å². The molecule has 71 heavy (non-hydrogen) atoms. The molecule has 358 valence electrons. The first kappa shape index (κ1) is 46.9. The lowest BCUT2D eigenvalue weighted by atomic mass is 9.86. The number of nitro groups is 1. The van der Waals surface area contributed by atoms with Crippen molar-refractivity contribution in [2.45, 2.75) is 105 Å². The second-order valence-electron chi connectivity index (χ2n) is 23.1. The molecule has 0 saturated carbocycles. The Hall–Kier alpha value is -7.85. The highest BCUT2D eigenvalue weighted by atomic mass is 16.6. The predicted molar refractivity (Wildman–Crippen MR) is 292 cm³/mol. The third-order valence-corrected chi connectivity index (χ3v) is 14.0. The van der Waals surface area contributed by atoms with Crippen molar-refractivity contribution in [1.29, 1.82) is 0 Å². The molecule has 0 aliphatic carbocycles. The van der Waals surface area contributed by atoms with E-state index in [-0.39, 0.29) is 38.7 Å². The van der Waals surface area contributed by atoms with Crippen LogP contribution in [0.25, 0.3) is 101 Å². The minimum atomic E-state index is -0.394. The Morgan fingerprint density at radius 2 is 0.732 bits per heavy atom. The van der Waals surface area contributed by atoms with Crippen LogP contribution in [0.15, 0.2) is 128 Å². The van der Waals surface area contributed by atoms with E-state index in [1.165, 1.54) is 11.1 Å². The molecule has 10 rings (SSSR count). The van der Waals surface area contributed by atoms with Crippen LogP contribution in [0.5, 0.6) is 0 Å². The Morgan fingerprint density at radius 1 is 0.423 bits per heavy atom. The van der Waals surface area contributed by atoms with Gasteiger partial charge in [-0.25, -0.2) is 15.0 Å². The van der Waals surface area contributed by atoms with E-state index in [0.29, 0.717) is 39.2 Å². The fourth-order valence-electron chi connectivity index (χ4n) is 9.84. The van der Waals surface area contributed by atoms with Gasteiger partial charge in [-0.3, -0.25) is 10.1 Å². The summed E-state index contributed by atoms with van der Waals surface area (Å²) in [5, 5.41) is 13.6. The summed E-state index contributed by atoms with van der Waals surface area (Å²) in [7, 11) is 0. The van der Waals surface area contributed by atoms with Gasteiger partial charge in [-0.15, -0.1) is 0 Å². The molecule has 6 heterocycles. The molecule has 8 aromatic rings. The maximum atomic E-state index is 13.6. The SMILES string of the molecule is CC(C)(C)c1ccc(-c2c3nc(c(-c4ccc(C(C)(C)C)cc4)c4ccc([nH]4)c(-c4ccc(C(C)(C)C)cc4)c4nc(c(-c5ccc(C(C)(C)C)cc5)c5ccc2[nH]5)-c2nc[nH]c2-4)C([N+](=O)[O-])=C3N)cc1. The molecule has 0 saturated heterocycles. The van der Waals surface area contributed by atoms with Gasteiger partial charge in [-0.2, -0.15) is 0 Å². The van der Waals surface area contributed by atoms with Gasteiger partial charge in [-0.1, -0.05) is 180 Å². The molecule has 0 radical (unpaired) electrons. The molecule has 0 fully saturated rings. The van der Waals surface area contributed by atoms with Crippen LogP contribution in [0, 0.1) is 10.1 Å². The summed E-state index contributed by atoms with van der Waals surface area (Å²) in [6.45, 7) is 26.3. The molecule has 2 aliphatic heterocycles. The summed E-state index contributed by atoms with van der Waals surface area (Å²) in [4.78, 5) is 40.3. The molecule has 10 nitrogen and oxygen atoms in total. The average molecular weight is 939 g/mol. The van der Waals surface area contributed by atoms with Crippen molar-refractivity contribution in [3.8, 4) is 67.3 Å². The summed E-state index contributed by atoms with van der Waals surface area (Å²) in [5.41, 5.74) is 23.6. The van der Waals surface area contributed by atoms with Gasteiger partial charge in [0.05, 0.1) is 22.6 Å². The Labute approximate surface area is 415 Å². The van der Waals surface area contributed by atoms with Gasteiger partial charge in [-0.05, 0) is 90.4 Å². The molecule has 4 aromatic carbocycles. The van der Waals surface area contributed by atoms with Gasteiger partial charge in [0, 0.05) is 44.3 Å². The number of nitrogens with zero attached hydrogens (tertiary/aromatic N) is 4. The highest BCUT2D eigenvalue weighted by Gasteiger charge is 2.35. The summed E-state index contributed by atoms with van der Waals surface area (Å²) in [6.07, 6.45) is 1.74. The first-order valence-corrected chi connectivity index (χ1v) is 24.4. The van der Waals surface area contributed by atoms with Crippen molar-refractivity contribution in [3.05, 3.63) is 171 Å². The molecule has 8 bridgehead atoms. The number of nitrogens with two attached hydrogens (primary N) is 1. The minimum absolute atomic E-state index is 0.0238. The zero-order chi connectivity index (χ0) is 50.5. The highest BCUT2D eigenvalue weighted by molar-refractivity contribution is 6.05. The average Bonchev–Trinajstić information content (AvgIpc) is 4.16. The number of benzene rings is 4.